The molecule has 0 bridgehead atoms. The van der Waals surface area contributed by atoms with E-state index in [1.54, 1.807) is 26.3 Å². The number of methoxy groups -OCH3 is 2. The minimum Gasteiger partial charge on any atom is -0.497 e. The summed E-state index contributed by atoms with van der Waals surface area (Å²) >= 11 is 0. The molecule has 2 aromatic carbocycles. The molecule has 2 aromatic rings. The normalized spacial score (nSPS) is 11.0. The molecule has 0 atom stereocenters. The molecular weight excluding hydrogens is 535 g/mol. The van der Waals surface area contributed by atoms with Crippen LogP contribution in [0.3, 0.4) is 0 Å². The topological polar surface area (TPSA) is 73.3 Å². The molecule has 0 saturated carbocycles. The van der Waals surface area contributed by atoms with E-state index in [0.717, 1.165) is 17.7 Å². The first kappa shape index (κ1) is 27.7. The molecule has 32 heavy (non-hydrogen) atoms. The van der Waals surface area contributed by atoms with Crippen LogP contribution in [0.15, 0.2) is 47.5 Å². The van der Waals surface area contributed by atoms with E-state index in [0.29, 0.717) is 37.0 Å². The zero-order valence-corrected chi connectivity index (χ0v) is 20.7. The minimum atomic E-state index is -2.91. The lowest BCUT2D eigenvalue weighted by atomic mass is 10.2. The summed E-state index contributed by atoms with van der Waals surface area (Å²) in [5, 5.41) is 6.29. The number of nitrogens with one attached hydrogen (secondary N) is 2. The Kier molecular flexibility index (Phi) is 13.4. The highest BCUT2D eigenvalue weighted by Gasteiger charge is 2.11. The molecule has 0 aliphatic heterocycles. The third-order valence-corrected chi connectivity index (χ3v) is 4.27. The summed E-state index contributed by atoms with van der Waals surface area (Å²) in [6.45, 7) is -0.943. The maximum absolute atomic E-state index is 12.7. The molecule has 2 rings (SSSR count). The van der Waals surface area contributed by atoms with Crippen molar-refractivity contribution in [3.63, 3.8) is 0 Å². The number of benzene rings is 2. The number of alkyl halides is 2. The van der Waals surface area contributed by atoms with Gasteiger partial charge in [-0.1, -0.05) is 12.1 Å². The van der Waals surface area contributed by atoms with Gasteiger partial charge in [0.15, 0.2) is 5.96 Å². The molecule has 178 valence electrons. The Balaban J connectivity index is 0.00000512. The Morgan fingerprint density at radius 3 is 2.47 bits per heavy atom. The smallest absolute Gasteiger partial charge is 0.387 e. The van der Waals surface area contributed by atoms with E-state index in [1.165, 1.54) is 13.2 Å². The highest BCUT2D eigenvalue weighted by atomic mass is 127. The molecular formula is C22H30F2IN3O4. The predicted octanol–water partition coefficient (Wildman–Crippen LogP) is 4.20. The standard InChI is InChI=1S/C22H29F2N3O4.HI/c1-25-22(26-14-16-6-4-7-19(12-16)30-11-5-10-28-2)27-15-17-13-18(29-3)8-9-20(17)31-21(23)24;/h4,6-9,12-13,21H,5,10-11,14-15H2,1-3H3,(H2,25,26,27);1H. The fraction of sp³-hybridized carbons (Fsp3) is 0.409. The fourth-order valence-electron chi connectivity index (χ4n) is 2.76. The van der Waals surface area contributed by atoms with E-state index in [4.69, 9.17) is 14.2 Å². The van der Waals surface area contributed by atoms with Crippen LogP contribution < -0.4 is 24.8 Å². The molecule has 0 fully saturated rings. The first-order valence-electron chi connectivity index (χ1n) is 9.82. The van der Waals surface area contributed by atoms with Gasteiger partial charge in [-0.05, 0) is 35.9 Å². The fourth-order valence-corrected chi connectivity index (χ4v) is 2.76. The summed E-state index contributed by atoms with van der Waals surface area (Å²) in [4.78, 5) is 4.17. The average Bonchev–Trinajstić information content (AvgIpc) is 2.77. The van der Waals surface area contributed by atoms with Gasteiger partial charge >= 0.3 is 6.61 Å². The lowest BCUT2D eigenvalue weighted by molar-refractivity contribution is -0.0505. The van der Waals surface area contributed by atoms with Gasteiger partial charge in [0.2, 0.25) is 0 Å². The van der Waals surface area contributed by atoms with Crippen LogP contribution >= 0.6 is 24.0 Å². The predicted molar refractivity (Wildman–Crippen MR) is 131 cm³/mol. The molecule has 0 aliphatic rings. The Hall–Kier alpha value is -2.34. The van der Waals surface area contributed by atoms with E-state index >= 15 is 0 Å². The van der Waals surface area contributed by atoms with E-state index in [2.05, 4.69) is 20.4 Å². The summed E-state index contributed by atoms with van der Waals surface area (Å²) in [5.41, 5.74) is 1.53. The van der Waals surface area contributed by atoms with Gasteiger partial charge in [-0.2, -0.15) is 8.78 Å². The monoisotopic (exact) mass is 565 g/mol. The molecule has 0 aromatic heterocycles. The number of nitrogens with zero attached hydrogens (tertiary/aromatic N) is 1. The Bertz CT molecular complexity index is 841. The molecule has 0 aliphatic carbocycles. The molecule has 0 radical (unpaired) electrons. The number of aliphatic imine (C=N–C) groups is 1. The van der Waals surface area contributed by atoms with Crippen molar-refractivity contribution in [1.82, 2.24) is 10.6 Å². The number of guanidine groups is 1. The van der Waals surface area contributed by atoms with Crippen molar-refractivity contribution in [2.45, 2.75) is 26.1 Å². The van der Waals surface area contributed by atoms with Crippen LogP contribution in [0, 0.1) is 0 Å². The zero-order chi connectivity index (χ0) is 22.5. The highest BCUT2D eigenvalue weighted by Crippen LogP contribution is 2.25. The summed E-state index contributed by atoms with van der Waals surface area (Å²) < 4.78 is 45.8. The first-order valence-corrected chi connectivity index (χ1v) is 9.82. The Morgan fingerprint density at radius 2 is 1.78 bits per heavy atom. The number of rotatable bonds is 12. The van der Waals surface area contributed by atoms with E-state index in [-0.39, 0.29) is 36.3 Å². The van der Waals surface area contributed by atoms with Crippen molar-refractivity contribution >= 4 is 29.9 Å². The van der Waals surface area contributed by atoms with Crippen molar-refractivity contribution < 1.29 is 27.7 Å². The summed E-state index contributed by atoms with van der Waals surface area (Å²) in [6, 6.07) is 12.4. The maximum atomic E-state index is 12.7. The van der Waals surface area contributed by atoms with Crippen molar-refractivity contribution in [2.24, 2.45) is 4.99 Å². The van der Waals surface area contributed by atoms with Gasteiger partial charge < -0.3 is 29.6 Å². The molecule has 0 unspecified atom stereocenters. The third-order valence-electron chi connectivity index (χ3n) is 4.27. The van der Waals surface area contributed by atoms with E-state index in [9.17, 15) is 8.78 Å². The number of hydrogen-bond donors (Lipinski definition) is 2. The van der Waals surface area contributed by atoms with E-state index < -0.39 is 6.61 Å². The van der Waals surface area contributed by atoms with Gasteiger partial charge in [0.1, 0.15) is 17.2 Å². The molecule has 7 nitrogen and oxygen atoms in total. The van der Waals surface area contributed by atoms with Gasteiger partial charge in [-0.15, -0.1) is 24.0 Å². The average molecular weight is 565 g/mol. The van der Waals surface area contributed by atoms with Gasteiger partial charge in [0, 0.05) is 45.8 Å². The van der Waals surface area contributed by atoms with Gasteiger partial charge in [0.25, 0.3) is 0 Å². The van der Waals surface area contributed by atoms with Gasteiger partial charge in [-0.25, -0.2) is 0 Å². The van der Waals surface area contributed by atoms with Crippen LogP contribution in [0.4, 0.5) is 8.78 Å². The molecule has 2 N–H and O–H groups in total. The van der Waals surface area contributed by atoms with Crippen molar-refractivity contribution in [3.8, 4) is 17.2 Å². The lowest BCUT2D eigenvalue weighted by Crippen LogP contribution is -2.36. The zero-order valence-electron chi connectivity index (χ0n) is 18.4. The summed E-state index contributed by atoms with van der Waals surface area (Å²) in [6.07, 6.45) is 0.817. The molecule has 0 spiro atoms. The van der Waals surface area contributed by atoms with E-state index in [1.807, 2.05) is 24.3 Å². The maximum Gasteiger partial charge on any atom is 0.387 e. The van der Waals surface area contributed by atoms with Crippen LogP contribution in [0.5, 0.6) is 17.2 Å². The second-order valence-corrected chi connectivity index (χ2v) is 6.47. The van der Waals surface area contributed by atoms with Crippen LogP contribution in [0.2, 0.25) is 0 Å². The van der Waals surface area contributed by atoms with Gasteiger partial charge in [0.05, 0.1) is 13.7 Å². The largest absolute Gasteiger partial charge is 0.497 e. The SMILES string of the molecule is CN=C(NCc1cccc(OCCCOC)c1)NCc1cc(OC)ccc1OC(F)F.I. The van der Waals surface area contributed by atoms with Crippen molar-refractivity contribution in [3.05, 3.63) is 53.6 Å². The van der Waals surface area contributed by atoms with Crippen molar-refractivity contribution in [1.29, 1.82) is 0 Å². The molecule has 0 saturated heterocycles. The minimum absolute atomic E-state index is 0. The van der Waals surface area contributed by atoms with Crippen LogP contribution in [-0.2, 0) is 17.8 Å². The lowest BCUT2D eigenvalue weighted by Gasteiger charge is -2.16. The quantitative estimate of drug-likeness (QED) is 0.174. The van der Waals surface area contributed by atoms with Gasteiger partial charge in [-0.3, -0.25) is 4.99 Å². The first-order chi connectivity index (χ1) is 15.0. The third kappa shape index (κ3) is 9.86. The molecule has 0 amide bonds. The molecule has 0 heterocycles. The van der Waals surface area contributed by atoms with Crippen LogP contribution in [0.25, 0.3) is 0 Å². The van der Waals surface area contributed by atoms with Crippen LogP contribution in [0.1, 0.15) is 17.5 Å². The van der Waals surface area contributed by atoms with Crippen LogP contribution in [-0.4, -0.2) is 47.1 Å². The summed E-state index contributed by atoms with van der Waals surface area (Å²) in [7, 11) is 4.80. The summed E-state index contributed by atoms with van der Waals surface area (Å²) in [5.74, 6) is 1.92. The second kappa shape index (κ2) is 15.5. The number of ether oxygens (including phenoxy) is 4. The Labute approximate surface area is 204 Å². The second-order valence-electron chi connectivity index (χ2n) is 6.47. The highest BCUT2D eigenvalue weighted by molar-refractivity contribution is 14.0. The number of hydrogen-bond acceptors (Lipinski definition) is 5. The van der Waals surface area contributed by atoms with Crippen molar-refractivity contribution in [2.75, 3.05) is 34.5 Å². The molecule has 10 heteroatoms. The Morgan fingerprint density at radius 1 is 1.00 bits per heavy atom. The number of halogens is 3.